The third kappa shape index (κ3) is 5.25. The van der Waals surface area contributed by atoms with Crippen molar-refractivity contribution in [3.63, 3.8) is 0 Å². The maximum Gasteiger partial charge on any atom is 0.0109 e. The number of likely N-dealkylation sites (N-methyl/N-ethyl adjacent to an activating group) is 1. The van der Waals surface area contributed by atoms with Crippen LogP contribution in [-0.2, 0) is 0 Å². The van der Waals surface area contributed by atoms with E-state index in [1.54, 1.807) is 0 Å². The van der Waals surface area contributed by atoms with Crippen molar-refractivity contribution in [3.05, 3.63) is 0 Å². The van der Waals surface area contributed by atoms with Gasteiger partial charge in [0.15, 0.2) is 0 Å². The molecule has 106 valence electrons. The van der Waals surface area contributed by atoms with Crippen molar-refractivity contribution < 1.29 is 0 Å². The summed E-state index contributed by atoms with van der Waals surface area (Å²) < 4.78 is 0. The molecule has 0 aromatic carbocycles. The fourth-order valence-electron chi connectivity index (χ4n) is 3.20. The second kappa shape index (κ2) is 8.13. The summed E-state index contributed by atoms with van der Waals surface area (Å²) in [6.07, 6.45) is 9.94. The molecule has 1 aliphatic heterocycles. The van der Waals surface area contributed by atoms with Gasteiger partial charge in [0.1, 0.15) is 0 Å². The maximum absolute atomic E-state index is 3.73. The van der Waals surface area contributed by atoms with Crippen LogP contribution in [0.3, 0.4) is 0 Å². The van der Waals surface area contributed by atoms with Crippen molar-refractivity contribution in [2.75, 3.05) is 46.3 Å². The van der Waals surface area contributed by atoms with E-state index < -0.39 is 0 Å². The third-order valence-corrected chi connectivity index (χ3v) is 4.53. The van der Waals surface area contributed by atoms with Gasteiger partial charge in [0.25, 0.3) is 0 Å². The Bertz CT molecular complexity index is 208. The van der Waals surface area contributed by atoms with Gasteiger partial charge in [0.05, 0.1) is 0 Å². The minimum Gasteiger partial charge on any atom is -0.313 e. The summed E-state index contributed by atoms with van der Waals surface area (Å²) in [6, 6.07) is 0.811. The molecule has 0 atom stereocenters. The molecule has 0 aromatic rings. The van der Waals surface area contributed by atoms with Gasteiger partial charge in [-0.3, -0.25) is 0 Å². The van der Waals surface area contributed by atoms with E-state index in [0.29, 0.717) is 0 Å². The van der Waals surface area contributed by atoms with Gasteiger partial charge in [0, 0.05) is 32.2 Å². The van der Waals surface area contributed by atoms with Gasteiger partial charge >= 0.3 is 0 Å². The largest absolute Gasteiger partial charge is 0.313 e. The molecule has 1 saturated carbocycles. The Morgan fingerprint density at radius 3 is 2.44 bits per heavy atom. The molecule has 0 unspecified atom stereocenters. The highest BCUT2D eigenvalue weighted by Crippen LogP contribution is 2.16. The molecular formula is C15H31N3. The molecule has 1 N–H and O–H groups in total. The zero-order valence-corrected chi connectivity index (χ0v) is 12.2. The van der Waals surface area contributed by atoms with Gasteiger partial charge in [-0.25, -0.2) is 0 Å². The van der Waals surface area contributed by atoms with E-state index in [9.17, 15) is 0 Å². The first-order chi connectivity index (χ1) is 8.84. The Balaban J connectivity index is 1.47. The average Bonchev–Trinajstić information content (AvgIpc) is 2.91. The summed E-state index contributed by atoms with van der Waals surface area (Å²) in [5.74, 6) is 0. The monoisotopic (exact) mass is 253 g/mol. The smallest absolute Gasteiger partial charge is 0.0109 e. The molecular weight excluding hydrogens is 222 g/mol. The molecule has 0 radical (unpaired) electrons. The van der Waals surface area contributed by atoms with Crippen LogP contribution < -0.4 is 5.32 Å². The van der Waals surface area contributed by atoms with Crippen molar-refractivity contribution in [2.24, 2.45) is 0 Å². The second-order valence-corrected chi connectivity index (χ2v) is 6.14. The average molecular weight is 253 g/mol. The Labute approximate surface area is 113 Å². The molecule has 0 amide bonds. The number of hydrogen-bond acceptors (Lipinski definition) is 3. The van der Waals surface area contributed by atoms with Gasteiger partial charge < -0.3 is 15.1 Å². The summed E-state index contributed by atoms with van der Waals surface area (Å²) in [6.45, 7) is 7.51. The summed E-state index contributed by atoms with van der Waals surface area (Å²) in [5, 5.41) is 3.73. The van der Waals surface area contributed by atoms with Crippen LogP contribution in [0, 0.1) is 0 Å². The highest BCUT2D eigenvalue weighted by molar-refractivity contribution is 4.72. The van der Waals surface area contributed by atoms with Crippen LogP contribution in [-0.4, -0.2) is 62.2 Å². The SMILES string of the molecule is CN(CCNC1CCCCC1)CCN1CCCC1. The zero-order chi connectivity index (χ0) is 12.6. The summed E-state index contributed by atoms with van der Waals surface area (Å²) in [4.78, 5) is 5.08. The molecule has 3 nitrogen and oxygen atoms in total. The Morgan fingerprint density at radius 2 is 1.72 bits per heavy atom. The zero-order valence-electron chi connectivity index (χ0n) is 12.2. The second-order valence-electron chi connectivity index (χ2n) is 6.14. The third-order valence-electron chi connectivity index (χ3n) is 4.53. The normalized spacial score (nSPS) is 23.0. The number of hydrogen-bond donors (Lipinski definition) is 1. The Morgan fingerprint density at radius 1 is 1.00 bits per heavy atom. The van der Waals surface area contributed by atoms with E-state index in [1.165, 1.54) is 84.2 Å². The predicted molar refractivity (Wildman–Crippen MR) is 78.0 cm³/mol. The molecule has 2 aliphatic rings. The maximum atomic E-state index is 3.73. The molecule has 18 heavy (non-hydrogen) atoms. The number of nitrogens with zero attached hydrogens (tertiary/aromatic N) is 2. The lowest BCUT2D eigenvalue weighted by atomic mass is 9.95. The number of nitrogens with one attached hydrogen (secondary N) is 1. The molecule has 3 heteroatoms. The predicted octanol–water partition coefficient (Wildman–Crippen LogP) is 1.94. The number of likely N-dealkylation sites (tertiary alicyclic amines) is 1. The first kappa shape index (κ1) is 14.3. The lowest BCUT2D eigenvalue weighted by molar-refractivity contribution is 0.251. The molecule has 2 rings (SSSR count). The van der Waals surface area contributed by atoms with Gasteiger partial charge in [-0.2, -0.15) is 0 Å². The lowest BCUT2D eigenvalue weighted by Crippen LogP contribution is -2.39. The van der Waals surface area contributed by atoms with Crippen molar-refractivity contribution in [1.82, 2.24) is 15.1 Å². The van der Waals surface area contributed by atoms with Gasteiger partial charge in [-0.15, -0.1) is 0 Å². The molecule has 1 saturated heterocycles. The standard InChI is InChI=1S/C15H31N3/c1-17(13-14-18-10-5-6-11-18)12-9-16-15-7-3-2-4-8-15/h15-16H,2-14H2,1H3. The highest BCUT2D eigenvalue weighted by atomic mass is 15.2. The fraction of sp³-hybridized carbons (Fsp3) is 1.00. The summed E-state index contributed by atoms with van der Waals surface area (Å²) >= 11 is 0. The van der Waals surface area contributed by atoms with Crippen LogP contribution >= 0.6 is 0 Å². The van der Waals surface area contributed by atoms with Gasteiger partial charge in [0.2, 0.25) is 0 Å². The van der Waals surface area contributed by atoms with E-state index >= 15 is 0 Å². The van der Waals surface area contributed by atoms with Crippen LogP contribution in [0.4, 0.5) is 0 Å². The van der Waals surface area contributed by atoms with Crippen LogP contribution in [0.2, 0.25) is 0 Å². The first-order valence-electron chi connectivity index (χ1n) is 7.99. The molecule has 2 fully saturated rings. The van der Waals surface area contributed by atoms with E-state index in [-0.39, 0.29) is 0 Å². The molecule has 1 aliphatic carbocycles. The van der Waals surface area contributed by atoms with Crippen LogP contribution in [0.25, 0.3) is 0 Å². The Kier molecular flexibility index (Phi) is 6.46. The van der Waals surface area contributed by atoms with Crippen LogP contribution in [0.5, 0.6) is 0 Å². The van der Waals surface area contributed by atoms with E-state index in [4.69, 9.17) is 0 Å². The Hall–Kier alpha value is -0.120. The molecule has 1 heterocycles. The first-order valence-corrected chi connectivity index (χ1v) is 7.99. The van der Waals surface area contributed by atoms with Crippen LogP contribution in [0.15, 0.2) is 0 Å². The minimum absolute atomic E-state index is 0.811. The summed E-state index contributed by atoms with van der Waals surface area (Å²) in [7, 11) is 2.26. The topological polar surface area (TPSA) is 18.5 Å². The van der Waals surface area contributed by atoms with E-state index in [1.807, 2.05) is 0 Å². The van der Waals surface area contributed by atoms with Crippen molar-refractivity contribution >= 4 is 0 Å². The summed E-state index contributed by atoms with van der Waals surface area (Å²) in [5.41, 5.74) is 0. The minimum atomic E-state index is 0.811. The fourth-order valence-corrected chi connectivity index (χ4v) is 3.20. The van der Waals surface area contributed by atoms with E-state index in [2.05, 4.69) is 22.2 Å². The molecule has 0 spiro atoms. The lowest BCUT2D eigenvalue weighted by Gasteiger charge is -2.25. The van der Waals surface area contributed by atoms with Gasteiger partial charge in [-0.1, -0.05) is 19.3 Å². The van der Waals surface area contributed by atoms with E-state index in [0.717, 1.165) is 6.04 Å². The highest BCUT2D eigenvalue weighted by Gasteiger charge is 2.13. The van der Waals surface area contributed by atoms with Crippen molar-refractivity contribution in [2.45, 2.75) is 51.0 Å². The van der Waals surface area contributed by atoms with Gasteiger partial charge in [-0.05, 0) is 45.8 Å². The van der Waals surface area contributed by atoms with Crippen LogP contribution in [0.1, 0.15) is 44.9 Å². The quantitative estimate of drug-likeness (QED) is 0.748. The van der Waals surface area contributed by atoms with Crippen molar-refractivity contribution in [3.8, 4) is 0 Å². The number of rotatable bonds is 7. The van der Waals surface area contributed by atoms with Crippen molar-refractivity contribution in [1.29, 1.82) is 0 Å². The molecule has 0 aromatic heterocycles. The molecule has 0 bridgehead atoms.